The monoisotopic (exact) mass is 439 g/mol. The molecule has 31 heavy (non-hydrogen) atoms. The molecule has 8 nitrogen and oxygen atoms in total. The maximum absolute atomic E-state index is 12.6. The fourth-order valence-corrected chi connectivity index (χ4v) is 4.20. The lowest BCUT2D eigenvalue weighted by Gasteiger charge is -2.26. The van der Waals surface area contributed by atoms with E-state index in [1.807, 2.05) is 0 Å². The van der Waals surface area contributed by atoms with Gasteiger partial charge in [0.05, 0.1) is 41.5 Å². The van der Waals surface area contributed by atoms with E-state index in [0.29, 0.717) is 48.8 Å². The van der Waals surface area contributed by atoms with E-state index in [0.717, 1.165) is 4.90 Å². The van der Waals surface area contributed by atoms with Crippen LogP contribution < -0.4 is 10.2 Å². The van der Waals surface area contributed by atoms with Crippen molar-refractivity contribution < 1.29 is 23.9 Å². The predicted molar refractivity (Wildman–Crippen MR) is 117 cm³/mol. The van der Waals surface area contributed by atoms with Crippen LogP contribution in [0.5, 0.6) is 0 Å². The van der Waals surface area contributed by atoms with Crippen LogP contribution in [0.1, 0.15) is 20.7 Å². The zero-order valence-electron chi connectivity index (χ0n) is 16.7. The van der Waals surface area contributed by atoms with Crippen LogP contribution >= 0.6 is 11.8 Å². The highest BCUT2D eigenvalue weighted by Gasteiger charge is 2.36. The van der Waals surface area contributed by atoms with E-state index in [1.165, 1.54) is 11.8 Å². The zero-order valence-corrected chi connectivity index (χ0v) is 17.5. The molecule has 0 saturated carbocycles. The first-order chi connectivity index (χ1) is 15.0. The first-order valence-corrected chi connectivity index (χ1v) is 11.0. The number of hydrogen-bond acceptors (Lipinski definition) is 6. The van der Waals surface area contributed by atoms with Crippen molar-refractivity contribution in [3.63, 3.8) is 0 Å². The molecule has 2 heterocycles. The number of nitrogens with one attached hydrogen (secondary N) is 1. The van der Waals surface area contributed by atoms with Gasteiger partial charge < -0.3 is 15.0 Å². The minimum absolute atomic E-state index is 0.00581. The van der Waals surface area contributed by atoms with E-state index in [-0.39, 0.29) is 35.1 Å². The third-order valence-electron chi connectivity index (χ3n) is 5.00. The normalized spacial score (nSPS) is 15.7. The minimum atomic E-state index is -0.388. The van der Waals surface area contributed by atoms with Crippen LogP contribution in [0.4, 0.5) is 11.4 Å². The van der Waals surface area contributed by atoms with E-state index in [1.54, 1.807) is 53.4 Å². The Bertz CT molecular complexity index is 1000. The SMILES string of the molecule is O=C(CSCC(=O)N1CCOCC1)Nc1cccc(N2C(=O)c3ccccc3C2=O)c1. The molecule has 0 aliphatic carbocycles. The number of carbonyl (C=O) groups excluding carboxylic acids is 4. The number of nitrogens with zero attached hydrogens (tertiary/aromatic N) is 2. The molecule has 0 spiro atoms. The van der Waals surface area contributed by atoms with Gasteiger partial charge in [0.15, 0.2) is 0 Å². The number of benzene rings is 2. The standard InChI is InChI=1S/C22H21N3O5S/c26-19(13-31-14-20(27)24-8-10-30-11-9-24)23-15-4-3-5-16(12-15)25-21(28)17-6-1-2-7-18(17)22(25)29/h1-7,12H,8-11,13-14H2,(H,23,26). The van der Waals surface area contributed by atoms with Gasteiger partial charge in [-0.15, -0.1) is 11.8 Å². The topological polar surface area (TPSA) is 96.0 Å². The number of morpholine rings is 1. The summed E-state index contributed by atoms with van der Waals surface area (Å²) in [4.78, 5) is 52.6. The predicted octanol–water partition coefficient (Wildman–Crippen LogP) is 2.02. The number of rotatable bonds is 6. The molecule has 0 aromatic heterocycles. The molecule has 2 aromatic carbocycles. The molecule has 1 fully saturated rings. The Hall–Kier alpha value is -3.17. The zero-order chi connectivity index (χ0) is 21.8. The van der Waals surface area contributed by atoms with Gasteiger partial charge in [0.1, 0.15) is 0 Å². The van der Waals surface area contributed by atoms with E-state index in [2.05, 4.69) is 5.32 Å². The molecule has 1 N–H and O–H groups in total. The summed E-state index contributed by atoms with van der Waals surface area (Å²) < 4.78 is 5.23. The molecule has 0 bridgehead atoms. The molecule has 2 aliphatic heterocycles. The molecule has 2 aromatic rings. The lowest BCUT2D eigenvalue weighted by Crippen LogP contribution is -2.41. The lowest BCUT2D eigenvalue weighted by molar-refractivity contribution is -0.132. The van der Waals surface area contributed by atoms with Gasteiger partial charge in [-0.1, -0.05) is 18.2 Å². The van der Waals surface area contributed by atoms with Crippen LogP contribution in [0.2, 0.25) is 0 Å². The summed E-state index contributed by atoms with van der Waals surface area (Å²) in [6, 6.07) is 13.3. The summed E-state index contributed by atoms with van der Waals surface area (Å²) in [5.41, 5.74) is 1.59. The second kappa shape index (κ2) is 9.32. The average molecular weight is 439 g/mol. The number of fused-ring (bicyclic) bond motifs is 1. The Morgan fingerprint density at radius 1 is 0.935 bits per heavy atom. The van der Waals surface area contributed by atoms with Crippen molar-refractivity contribution in [3.05, 3.63) is 59.7 Å². The molecule has 160 valence electrons. The van der Waals surface area contributed by atoms with Crippen molar-refractivity contribution in [3.8, 4) is 0 Å². The number of amides is 4. The summed E-state index contributed by atoms with van der Waals surface area (Å²) in [7, 11) is 0. The van der Waals surface area contributed by atoms with Crippen LogP contribution in [0, 0.1) is 0 Å². The molecular formula is C22H21N3O5S. The van der Waals surface area contributed by atoms with Crippen molar-refractivity contribution in [2.45, 2.75) is 0 Å². The fourth-order valence-electron chi connectivity index (χ4n) is 3.48. The van der Waals surface area contributed by atoms with Crippen LogP contribution in [0.25, 0.3) is 0 Å². The molecule has 0 atom stereocenters. The van der Waals surface area contributed by atoms with Gasteiger partial charge in [-0.05, 0) is 30.3 Å². The van der Waals surface area contributed by atoms with E-state index in [9.17, 15) is 19.2 Å². The maximum atomic E-state index is 12.6. The molecule has 9 heteroatoms. The van der Waals surface area contributed by atoms with Crippen molar-refractivity contribution in [1.82, 2.24) is 4.90 Å². The first kappa shape index (κ1) is 21.1. The summed E-state index contributed by atoms with van der Waals surface area (Å²) in [5.74, 6) is -0.703. The second-order valence-electron chi connectivity index (χ2n) is 7.08. The Morgan fingerprint density at radius 2 is 1.61 bits per heavy atom. The average Bonchev–Trinajstić information content (AvgIpc) is 3.05. The van der Waals surface area contributed by atoms with Gasteiger partial charge in [-0.25, -0.2) is 4.90 Å². The Kier molecular flexibility index (Phi) is 6.34. The Balaban J connectivity index is 1.34. The summed E-state index contributed by atoms with van der Waals surface area (Å²) in [5, 5.41) is 2.76. The van der Waals surface area contributed by atoms with Crippen LogP contribution in [-0.2, 0) is 14.3 Å². The van der Waals surface area contributed by atoms with Crippen molar-refractivity contribution >= 4 is 46.8 Å². The molecule has 2 aliphatic rings. The number of hydrogen-bond donors (Lipinski definition) is 1. The Labute approximate surface area is 183 Å². The number of imide groups is 1. The van der Waals surface area contributed by atoms with Gasteiger partial charge in [-0.3, -0.25) is 19.2 Å². The maximum Gasteiger partial charge on any atom is 0.266 e. The third-order valence-corrected chi connectivity index (χ3v) is 5.92. The van der Waals surface area contributed by atoms with Crippen molar-refractivity contribution in [2.75, 3.05) is 48.0 Å². The van der Waals surface area contributed by atoms with Crippen molar-refractivity contribution in [2.24, 2.45) is 0 Å². The fraction of sp³-hybridized carbons (Fsp3) is 0.273. The Morgan fingerprint density at radius 3 is 2.29 bits per heavy atom. The van der Waals surface area contributed by atoms with Gasteiger partial charge in [0.2, 0.25) is 11.8 Å². The molecule has 0 unspecified atom stereocenters. The lowest BCUT2D eigenvalue weighted by atomic mass is 10.1. The summed E-state index contributed by atoms with van der Waals surface area (Å²) >= 11 is 1.24. The highest BCUT2D eigenvalue weighted by Crippen LogP contribution is 2.29. The van der Waals surface area contributed by atoms with E-state index < -0.39 is 0 Å². The highest BCUT2D eigenvalue weighted by molar-refractivity contribution is 8.00. The molecule has 4 rings (SSSR count). The first-order valence-electron chi connectivity index (χ1n) is 9.85. The van der Waals surface area contributed by atoms with E-state index in [4.69, 9.17) is 4.74 Å². The molecule has 4 amide bonds. The van der Waals surface area contributed by atoms with Gasteiger partial charge in [-0.2, -0.15) is 0 Å². The summed E-state index contributed by atoms with van der Waals surface area (Å²) in [6.07, 6.45) is 0. The van der Waals surface area contributed by atoms with Crippen LogP contribution in [0.15, 0.2) is 48.5 Å². The van der Waals surface area contributed by atoms with Crippen LogP contribution in [-0.4, -0.2) is 66.3 Å². The smallest absolute Gasteiger partial charge is 0.266 e. The molecule has 0 radical (unpaired) electrons. The number of ether oxygens (including phenoxy) is 1. The number of anilines is 2. The quantitative estimate of drug-likeness (QED) is 0.692. The van der Waals surface area contributed by atoms with Gasteiger partial charge in [0.25, 0.3) is 11.8 Å². The number of carbonyl (C=O) groups is 4. The number of thioether (sulfide) groups is 1. The van der Waals surface area contributed by atoms with Gasteiger partial charge >= 0.3 is 0 Å². The highest BCUT2D eigenvalue weighted by atomic mass is 32.2. The largest absolute Gasteiger partial charge is 0.378 e. The van der Waals surface area contributed by atoms with E-state index >= 15 is 0 Å². The van der Waals surface area contributed by atoms with Crippen LogP contribution in [0.3, 0.4) is 0 Å². The van der Waals surface area contributed by atoms with Crippen molar-refractivity contribution in [1.29, 1.82) is 0 Å². The second-order valence-corrected chi connectivity index (χ2v) is 8.06. The molecule has 1 saturated heterocycles. The minimum Gasteiger partial charge on any atom is -0.378 e. The molecular weight excluding hydrogens is 418 g/mol. The summed E-state index contributed by atoms with van der Waals surface area (Å²) in [6.45, 7) is 2.24. The van der Waals surface area contributed by atoms with Gasteiger partial charge in [0, 0.05) is 18.8 Å². The third kappa shape index (κ3) is 4.62.